The molecule has 0 unspecified atom stereocenters. The number of amidine groups is 1. The second-order valence-electron chi connectivity index (χ2n) is 3.56. The van der Waals surface area contributed by atoms with Gasteiger partial charge >= 0.3 is 0 Å². The molecule has 1 aromatic rings. The van der Waals surface area contributed by atoms with Crippen molar-refractivity contribution in [1.29, 1.82) is 0 Å². The van der Waals surface area contributed by atoms with Crippen LogP contribution in [-0.4, -0.2) is 20.8 Å². The van der Waals surface area contributed by atoms with Gasteiger partial charge in [0.05, 0.1) is 17.3 Å². The number of nitrogens with zero attached hydrogens (tertiary/aromatic N) is 3. The number of aromatic nitrogens is 2. The summed E-state index contributed by atoms with van der Waals surface area (Å²) in [5, 5.41) is 16.0. The topological polar surface area (TPSA) is 76.4 Å². The second-order valence-corrected chi connectivity index (χ2v) is 3.56. The molecule has 0 atom stereocenters. The first kappa shape index (κ1) is 11.6. The Morgan fingerprint density at radius 1 is 1.60 bits per heavy atom. The average Bonchev–Trinajstić information content (AvgIpc) is 2.61. The maximum absolute atomic E-state index is 8.60. The van der Waals surface area contributed by atoms with Crippen molar-refractivity contribution in [1.82, 2.24) is 9.78 Å². The van der Waals surface area contributed by atoms with Gasteiger partial charge in [0.1, 0.15) is 0 Å². The Bertz CT molecular complexity index is 352. The summed E-state index contributed by atoms with van der Waals surface area (Å²) in [4.78, 5) is 0. The van der Waals surface area contributed by atoms with E-state index in [2.05, 4.69) is 24.1 Å². The van der Waals surface area contributed by atoms with E-state index in [1.165, 1.54) is 0 Å². The van der Waals surface area contributed by atoms with Crippen LogP contribution in [0.25, 0.3) is 0 Å². The molecule has 0 spiro atoms. The van der Waals surface area contributed by atoms with Crippen molar-refractivity contribution in [3.8, 4) is 0 Å². The third-order valence-corrected chi connectivity index (χ3v) is 2.62. The molecule has 0 aliphatic carbocycles. The lowest BCUT2D eigenvalue weighted by Crippen LogP contribution is -2.13. The molecule has 0 saturated heterocycles. The van der Waals surface area contributed by atoms with E-state index in [1.54, 1.807) is 0 Å². The van der Waals surface area contributed by atoms with Gasteiger partial charge in [-0.15, -0.1) is 0 Å². The first-order valence-corrected chi connectivity index (χ1v) is 5.17. The molecule has 0 aliphatic rings. The highest BCUT2D eigenvalue weighted by atomic mass is 16.4. The summed E-state index contributed by atoms with van der Waals surface area (Å²) >= 11 is 0. The first-order chi connectivity index (χ1) is 7.13. The Labute approximate surface area is 89.6 Å². The van der Waals surface area contributed by atoms with Crippen LogP contribution >= 0.6 is 0 Å². The summed E-state index contributed by atoms with van der Waals surface area (Å²) in [6.45, 7) is 6.09. The lowest BCUT2D eigenvalue weighted by Gasteiger charge is -2.12. The maximum atomic E-state index is 8.60. The summed E-state index contributed by atoms with van der Waals surface area (Å²) < 4.78 is 1.89. The van der Waals surface area contributed by atoms with Gasteiger partial charge in [0.15, 0.2) is 5.84 Å². The van der Waals surface area contributed by atoms with E-state index in [0.29, 0.717) is 11.6 Å². The van der Waals surface area contributed by atoms with E-state index < -0.39 is 0 Å². The number of hydrogen-bond acceptors (Lipinski definition) is 3. The van der Waals surface area contributed by atoms with E-state index in [9.17, 15) is 0 Å². The van der Waals surface area contributed by atoms with E-state index in [1.807, 2.05) is 17.8 Å². The molecule has 0 aliphatic heterocycles. The fraction of sp³-hybridized carbons (Fsp3) is 0.600. The van der Waals surface area contributed by atoms with Crippen LogP contribution < -0.4 is 5.73 Å². The number of oxime groups is 1. The Kier molecular flexibility index (Phi) is 3.71. The molecule has 1 aromatic heterocycles. The van der Waals surface area contributed by atoms with Gasteiger partial charge in [-0.3, -0.25) is 4.68 Å². The SMILES string of the molecule is CCC(CC)n1cc(/C(N)=N\O)c(C)n1. The van der Waals surface area contributed by atoms with Crippen molar-refractivity contribution in [3.05, 3.63) is 17.5 Å². The zero-order valence-electron chi connectivity index (χ0n) is 9.44. The normalized spacial score (nSPS) is 12.4. The molecule has 0 bridgehead atoms. The minimum absolute atomic E-state index is 0.115. The molecule has 3 N–H and O–H groups in total. The van der Waals surface area contributed by atoms with E-state index in [4.69, 9.17) is 10.9 Å². The minimum Gasteiger partial charge on any atom is -0.409 e. The van der Waals surface area contributed by atoms with Gasteiger partial charge in [0, 0.05) is 6.20 Å². The van der Waals surface area contributed by atoms with Crippen LogP contribution in [0.2, 0.25) is 0 Å². The van der Waals surface area contributed by atoms with Gasteiger partial charge < -0.3 is 10.9 Å². The Morgan fingerprint density at radius 3 is 2.67 bits per heavy atom. The highest BCUT2D eigenvalue weighted by Crippen LogP contribution is 2.16. The van der Waals surface area contributed by atoms with Crippen LogP contribution in [0.15, 0.2) is 11.4 Å². The van der Waals surface area contributed by atoms with Crippen molar-refractivity contribution < 1.29 is 5.21 Å². The standard InChI is InChI=1S/C10H18N4O/c1-4-8(5-2)14-6-9(7(3)12-14)10(11)13-15/h6,8,15H,4-5H2,1-3H3,(H2,11,13). The Hall–Kier alpha value is -1.52. The molecule has 0 radical (unpaired) electrons. The molecule has 0 fully saturated rings. The van der Waals surface area contributed by atoms with Gasteiger partial charge in [0.25, 0.3) is 0 Å². The Balaban J connectivity index is 3.04. The minimum atomic E-state index is 0.115. The van der Waals surface area contributed by atoms with Gasteiger partial charge in [-0.1, -0.05) is 19.0 Å². The fourth-order valence-electron chi connectivity index (χ4n) is 1.64. The molecule has 0 aromatic carbocycles. The van der Waals surface area contributed by atoms with Crippen LogP contribution in [-0.2, 0) is 0 Å². The third-order valence-electron chi connectivity index (χ3n) is 2.62. The predicted octanol–water partition coefficient (Wildman–Crippen LogP) is 1.65. The quantitative estimate of drug-likeness (QED) is 0.343. The smallest absolute Gasteiger partial charge is 0.173 e. The number of rotatable bonds is 4. The molecular weight excluding hydrogens is 192 g/mol. The molecule has 15 heavy (non-hydrogen) atoms. The number of aryl methyl sites for hydroxylation is 1. The van der Waals surface area contributed by atoms with Gasteiger partial charge in [-0.05, 0) is 19.8 Å². The molecule has 1 rings (SSSR count). The van der Waals surface area contributed by atoms with Gasteiger partial charge in [0.2, 0.25) is 0 Å². The van der Waals surface area contributed by atoms with Crippen LogP contribution in [0.5, 0.6) is 0 Å². The van der Waals surface area contributed by atoms with Crippen molar-refractivity contribution >= 4 is 5.84 Å². The van der Waals surface area contributed by atoms with Crippen LogP contribution in [0.1, 0.15) is 44.0 Å². The lowest BCUT2D eigenvalue weighted by atomic mass is 10.2. The van der Waals surface area contributed by atoms with Crippen molar-refractivity contribution in [2.45, 2.75) is 39.7 Å². The largest absolute Gasteiger partial charge is 0.409 e. The molecule has 5 nitrogen and oxygen atoms in total. The zero-order chi connectivity index (χ0) is 11.4. The molecule has 5 heteroatoms. The fourth-order valence-corrected chi connectivity index (χ4v) is 1.64. The number of nitrogens with two attached hydrogens (primary N) is 1. The van der Waals surface area contributed by atoms with Crippen molar-refractivity contribution in [2.75, 3.05) is 0 Å². The average molecular weight is 210 g/mol. The molecule has 1 heterocycles. The summed E-state index contributed by atoms with van der Waals surface area (Å²) in [7, 11) is 0. The van der Waals surface area contributed by atoms with Crippen molar-refractivity contribution in [2.24, 2.45) is 10.9 Å². The monoisotopic (exact) mass is 210 g/mol. The summed E-state index contributed by atoms with van der Waals surface area (Å²) in [5.41, 5.74) is 7.03. The maximum Gasteiger partial charge on any atom is 0.173 e. The summed E-state index contributed by atoms with van der Waals surface area (Å²) in [6, 6.07) is 0.379. The molecule has 84 valence electrons. The molecule has 0 saturated carbocycles. The summed E-state index contributed by atoms with van der Waals surface area (Å²) in [5.74, 6) is 0.115. The predicted molar refractivity (Wildman–Crippen MR) is 59.1 cm³/mol. The second kappa shape index (κ2) is 4.82. The highest BCUT2D eigenvalue weighted by molar-refractivity contribution is 5.97. The van der Waals surface area contributed by atoms with Crippen LogP contribution in [0.3, 0.4) is 0 Å². The molecule has 0 amide bonds. The van der Waals surface area contributed by atoms with Gasteiger partial charge in [-0.25, -0.2) is 0 Å². The van der Waals surface area contributed by atoms with E-state index in [0.717, 1.165) is 18.5 Å². The van der Waals surface area contributed by atoms with E-state index in [-0.39, 0.29) is 5.84 Å². The van der Waals surface area contributed by atoms with E-state index >= 15 is 0 Å². The third kappa shape index (κ3) is 2.29. The van der Waals surface area contributed by atoms with Crippen molar-refractivity contribution in [3.63, 3.8) is 0 Å². The highest BCUT2D eigenvalue weighted by Gasteiger charge is 2.13. The first-order valence-electron chi connectivity index (χ1n) is 5.17. The van der Waals surface area contributed by atoms with Crippen LogP contribution in [0.4, 0.5) is 0 Å². The lowest BCUT2D eigenvalue weighted by molar-refractivity contribution is 0.318. The van der Waals surface area contributed by atoms with Crippen LogP contribution in [0, 0.1) is 6.92 Å². The summed E-state index contributed by atoms with van der Waals surface area (Å²) in [6.07, 6.45) is 3.88. The Morgan fingerprint density at radius 2 is 2.20 bits per heavy atom. The molecular formula is C10H18N4O. The van der Waals surface area contributed by atoms with Gasteiger partial charge in [-0.2, -0.15) is 5.10 Å². The zero-order valence-corrected chi connectivity index (χ0v) is 9.44. The number of hydrogen-bond donors (Lipinski definition) is 2.